The summed E-state index contributed by atoms with van der Waals surface area (Å²) in [5, 5.41) is 6.74. The number of hydrogen-bond donors (Lipinski definition) is 2. The van der Waals surface area contributed by atoms with Crippen LogP contribution in [0.15, 0.2) is 53.6 Å². The highest BCUT2D eigenvalue weighted by atomic mass is 35.5. The van der Waals surface area contributed by atoms with Gasteiger partial charge in [-0.15, -0.1) is 0 Å². The first-order valence-corrected chi connectivity index (χ1v) is 9.69. The first-order chi connectivity index (χ1) is 14.1. The molecule has 0 saturated carbocycles. The van der Waals surface area contributed by atoms with Crippen LogP contribution in [0.5, 0.6) is 5.75 Å². The van der Waals surface area contributed by atoms with E-state index in [4.69, 9.17) is 21.1 Å². The van der Waals surface area contributed by atoms with Gasteiger partial charge in [0.1, 0.15) is 12.4 Å². The Kier molecular flexibility index (Phi) is 7.61. The van der Waals surface area contributed by atoms with Gasteiger partial charge in [-0.2, -0.15) is 5.10 Å². The van der Waals surface area contributed by atoms with Gasteiger partial charge in [-0.05, 0) is 42.2 Å². The Balaban J connectivity index is 1.45. The van der Waals surface area contributed by atoms with E-state index in [0.717, 1.165) is 18.4 Å². The summed E-state index contributed by atoms with van der Waals surface area (Å²) >= 11 is 6.24. The van der Waals surface area contributed by atoms with Crippen LogP contribution >= 0.6 is 11.6 Å². The zero-order valence-corrected chi connectivity index (χ0v) is 16.5. The number of amides is 2. The topological polar surface area (TPSA) is 89.0 Å². The number of nitrogens with zero attached hydrogens (tertiary/aromatic N) is 1. The molecule has 29 heavy (non-hydrogen) atoms. The van der Waals surface area contributed by atoms with Crippen LogP contribution in [0.25, 0.3) is 0 Å². The van der Waals surface area contributed by atoms with Crippen molar-refractivity contribution in [1.29, 1.82) is 0 Å². The first kappa shape index (κ1) is 20.8. The van der Waals surface area contributed by atoms with E-state index in [-0.39, 0.29) is 6.10 Å². The predicted molar refractivity (Wildman–Crippen MR) is 110 cm³/mol. The van der Waals surface area contributed by atoms with Crippen molar-refractivity contribution in [3.63, 3.8) is 0 Å². The van der Waals surface area contributed by atoms with Gasteiger partial charge in [0.2, 0.25) is 0 Å². The summed E-state index contributed by atoms with van der Waals surface area (Å²) in [5.74, 6) is -1.04. The van der Waals surface area contributed by atoms with Crippen molar-refractivity contribution in [3.8, 4) is 5.75 Å². The maximum absolute atomic E-state index is 11.8. The normalized spacial score (nSPS) is 16.0. The molecule has 152 valence electrons. The number of rotatable bonds is 7. The van der Waals surface area contributed by atoms with Crippen molar-refractivity contribution in [3.05, 3.63) is 64.7 Å². The summed E-state index contributed by atoms with van der Waals surface area (Å²) in [6.45, 7) is 1.41. The standard InChI is InChI=1S/C21H22ClN3O4/c22-18-11-16(8-9-19(18)29-14-15-5-2-1-3-6-15)12-24-25-21(27)20(26)23-13-17-7-4-10-28-17/h1-3,5-6,8-9,11-12,17H,4,7,10,13-14H2,(H,23,26)(H,25,27)/b24-12-/t17-/m1/s1. The molecule has 3 rings (SSSR count). The molecule has 0 bridgehead atoms. The van der Waals surface area contributed by atoms with Crippen LogP contribution in [-0.4, -0.2) is 37.3 Å². The quantitative estimate of drug-likeness (QED) is 0.413. The lowest BCUT2D eigenvalue weighted by Crippen LogP contribution is -2.41. The maximum atomic E-state index is 11.8. The van der Waals surface area contributed by atoms with Gasteiger partial charge in [0.05, 0.1) is 17.3 Å². The highest BCUT2D eigenvalue weighted by molar-refractivity contribution is 6.35. The largest absolute Gasteiger partial charge is 0.487 e. The Morgan fingerprint density at radius 1 is 1.21 bits per heavy atom. The van der Waals surface area contributed by atoms with E-state index < -0.39 is 11.8 Å². The van der Waals surface area contributed by atoms with Crippen LogP contribution in [0.2, 0.25) is 5.02 Å². The van der Waals surface area contributed by atoms with E-state index in [1.807, 2.05) is 30.3 Å². The molecule has 1 fully saturated rings. The molecule has 2 amide bonds. The molecule has 1 aliphatic heterocycles. The smallest absolute Gasteiger partial charge is 0.329 e. The van der Waals surface area contributed by atoms with Crippen molar-refractivity contribution >= 4 is 29.6 Å². The zero-order chi connectivity index (χ0) is 20.5. The molecule has 0 spiro atoms. The lowest BCUT2D eigenvalue weighted by atomic mass is 10.2. The van der Waals surface area contributed by atoms with Crippen LogP contribution in [-0.2, 0) is 20.9 Å². The van der Waals surface area contributed by atoms with Crippen molar-refractivity contribution in [2.75, 3.05) is 13.2 Å². The van der Waals surface area contributed by atoms with Crippen LogP contribution < -0.4 is 15.5 Å². The average Bonchev–Trinajstić information content (AvgIpc) is 3.26. The molecule has 0 unspecified atom stereocenters. The molecule has 2 aromatic carbocycles. The first-order valence-electron chi connectivity index (χ1n) is 9.31. The average molecular weight is 416 g/mol. The van der Waals surface area contributed by atoms with Gasteiger partial charge in [0.15, 0.2) is 0 Å². The fourth-order valence-electron chi connectivity index (χ4n) is 2.76. The molecule has 0 aliphatic carbocycles. The number of hydrazone groups is 1. The summed E-state index contributed by atoms with van der Waals surface area (Å²) < 4.78 is 11.1. The van der Waals surface area contributed by atoms with Crippen LogP contribution in [0.4, 0.5) is 0 Å². The van der Waals surface area contributed by atoms with Crippen molar-refractivity contribution in [2.45, 2.75) is 25.6 Å². The number of halogens is 1. The van der Waals surface area contributed by atoms with Gasteiger partial charge >= 0.3 is 11.8 Å². The maximum Gasteiger partial charge on any atom is 0.329 e. The predicted octanol–water partition coefficient (Wildman–Crippen LogP) is 2.66. The molecule has 7 nitrogen and oxygen atoms in total. The summed E-state index contributed by atoms with van der Waals surface area (Å²) in [4.78, 5) is 23.5. The Hall–Kier alpha value is -2.90. The Morgan fingerprint density at radius 2 is 2.03 bits per heavy atom. The van der Waals surface area contributed by atoms with Gasteiger partial charge in [-0.3, -0.25) is 9.59 Å². The highest BCUT2D eigenvalue weighted by Gasteiger charge is 2.18. The van der Waals surface area contributed by atoms with Crippen molar-refractivity contribution in [2.24, 2.45) is 5.10 Å². The molecule has 2 aromatic rings. The van der Waals surface area contributed by atoms with E-state index >= 15 is 0 Å². The Bertz CT molecular complexity index is 867. The number of benzene rings is 2. The minimum Gasteiger partial charge on any atom is -0.487 e. The number of hydrogen-bond acceptors (Lipinski definition) is 5. The number of carbonyl (C=O) groups is 2. The van der Waals surface area contributed by atoms with Gasteiger partial charge in [-0.25, -0.2) is 5.43 Å². The summed E-state index contributed by atoms with van der Waals surface area (Å²) in [7, 11) is 0. The van der Waals surface area contributed by atoms with Crippen LogP contribution in [0.1, 0.15) is 24.0 Å². The number of nitrogens with one attached hydrogen (secondary N) is 2. The third kappa shape index (κ3) is 6.58. The molecular weight excluding hydrogens is 394 g/mol. The Morgan fingerprint density at radius 3 is 2.76 bits per heavy atom. The van der Waals surface area contributed by atoms with Crippen molar-refractivity contribution < 1.29 is 19.1 Å². The molecule has 2 N–H and O–H groups in total. The molecular formula is C21H22ClN3O4. The number of carbonyl (C=O) groups excluding carboxylic acids is 2. The van der Waals surface area contributed by atoms with E-state index in [0.29, 0.717) is 36.1 Å². The van der Waals surface area contributed by atoms with E-state index in [2.05, 4.69) is 15.8 Å². The summed E-state index contributed by atoms with van der Waals surface area (Å²) in [5.41, 5.74) is 3.88. The summed E-state index contributed by atoms with van der Waals surface area (Å²) in [6.07, 6.45) is 3.22. The van der Waals surface area contributed by atoms with E-state index in [1.165, 1.54) is 6.21 Å². The van der Waals surface area contributed by atoms with E-state index in [9.17, 15) is 9.59 Å². The number of ether oxygens (including phenoxy) is 2. The van der Waals surface area contributed by atoms with Crippen LogP contribution in [0, 0.1) is 0 Å². The van der Waals surface area contributed by atoms with Gasteiger partial charge in [0, 0.05) is 13.2 Å². The second kappa shape index (κ2) is 10.6. The molecule has 1 atom stereocenters. The third-order valence-corrected chi connectivity index (χ3v) is 4.59. The fourth-order valence-corrected chi connectivity index (χ4v) is 3.00. The van der Waals surface area contributed by atoms with Gasteiger partial charge < -0.3 is 14.8 Å². The lowest BCUT2D eigenvalue weighted by molar-refractivity contribution is -0.139. The highest BCUT2D eigenvalue weighted by Crippen LogP contribution is 2.25. The molecule has 1 heterocycles. The third-order valence-electron chi connectivity index (χ3n) is 4.29. The molecule has 0 aromatic heterocycles. The second-order valence-corrected chi connectivity index (χ2v) is 6.92. The molecule has 1 saturated heterocycles. The van der Waals surface area contributed by atoms with Gasteiger partial charge in [-0.1, -0.05) is 41.9 Å². The zero-order valence-electron chi connectivity index (χ0n) is 15.8. The van der Waals surface area contributed by atoms with Crippen molar-refractivity contribution in [1.82, 2.24) is 10.7 Å². The van der Waals surface area contributed by atoms with Gasteiger partial charge in [0.25, 0.3) is 0 Å². The SMILES string of the molecule is O=C(NC[C@H]1CCCO1)C(=O)N/N=C\c1ccc(OCc2ccccc2)c(Cl)c1. The molecule has 1 aliphatic rings. The molecule has 0 radical (unpaired) electrons. The van der Waals surface area contributed by atoms with E-state index in [1.54, 1.807) is 18.2 Å². The fraction of sp³-hybridized carbons (Fsp3) is 0.286. The summed E-state index contributed by atoms with van der Waals surface area (Å²) in [6, 6.07) is 14.9. The molecule has 8 heteroatoms. The monoisotopic (exact) mass is 415 g/mol. The Labute approximate surface area is 174 Å². The van der Waals surface area contributed by atoms with Crippen LogP contribution in [0.3, 0.4) is 0 Å². The lowest BCUT2D eigenvalue weighted by Gasteiger charge is -2.09. The second-order valence-electron chi connectivity index (χ2n) is 6.51. The minimum absolute atomic E-state index is 0.0278. The minimum atomic E-state index is -0.840.